The van der Waals surface area contributed by atoms with Gasteiger partial charge < -0.3 is 9.64 Å². The number of rotatable bonds is 5. The summed E-state index contributed by atoms with van der Waals surface area (Å²) in [6, 6.07) is 5.51. The molecule has 1 fully saturated rings. The number of hydrogen-bond donors (Lipinski definition) is 1. The molecule has 1 N–H and O–H groups in total. The molecular formula is C18H21F2N3O3S. The van der Waals surface area contributed by atoms with Crippen molar-refractivity contribution in [2.45, 2.75) is 30.8 Å². The van der Waals surface area contributed by atoms with Crippen molar-refractivity contribution >= 4 is 21.5 Å². The van der Waals surface area contributed by atoms with Crippen LogP contribution in [0, 0.1) is 11.6 Å². The van der Waals surface area contributed by atoms with Gasteiger partial charge >= 0.3 is 0 Å². The van der Waals surface area contributed by atoms with Gasteiger partial charge in [0.2, 0.25) is 0 Å². The molecule has 1 saturated heterocycles. The zero-order valence-corrected chi connectivity index (χ0v) is 15.9. The normalized spacial score (nSPS) is 20.5. The summed E-state index contributed by atoms with van der Waals surface area (Å²) in [5, 5.41) is 0. The summed E-state index contributed by atoms with van der Waals surface area (Å²) in [4.78, 5) is 6.19. The van der Waals surface area contributed by atoms with Gasteiger partial charge in [0.1, 0.15) is 22.3 Å². The molecule has 0 aliphatic carbocycles. The number of halogens is 2. The molecule has 1 aliphatic heterocycles. The predicted molar refractivity (Wildman–Crippen MR) is 98.3 cm³/mol. The first kappa shape index (κ1) is 19.5. The van der Waals surface area contributed by atoms with Crippen LogP contribution in [0.5, 0.6) is 0 Å². The Kier molecular flexibility index (Phi) is 5.34. The number of nitrogens with zero attached hydrogens (tertiary/aromatic N) is 2. The van der Waals surface area contributed by atoms with Crippen LogP contribution in [0.1, 0.15) is 20.3 Å². The maximum Gasteiger partial charge on any atom is 0.263 e. The van der Waals surface area contributed by atoms with Gasteiger partial charge in [-0.25, -0.2) is 22.2 Å². The monoisotopic (exact) mass is 397 g/mol. The fraction of sp³-hybridized carbons (Fsp3) is 0.389. The SMILES string of the molecule is CCC1(C)CN(c2ccc(S(=O)(=O)Nc3cc(F)cc(F)c3)cn2)CCO1. The average molecular weight is 397 g/mol. The molecule has 2 aromatic rings. The number of benzene rings is 1. The maximum absolute atomic E-state index is 13.3. The average Bonchev–Trinajstić information content (AvgIpc) is 2.60. The summed E-state index contributed by atoms with van der Waals surface area (Å²) in [6.45, 7) is 5.96. The van der Waals surface area contributed by atoms with Crippen LogP contribution in [0.3, 0.4) is 0 Å². The Morgan fingerprint density at radius 3 is 2.56 bits per heavy atom. The number of anilines is 2. The number of hydrogen-bond acceptors (Lipinski definition) is 5. The molecule has 27 heavy (non-hydrogen) atoms. The summed E-state index contributed by atoms with van der Waals surface area (Å²) < 4.78 is 59.3. The molecule has 3 rings (SSSR count). The Bertz CT molecular complexity index is 902. The van der Waals surface area contributed by atoms with Crippen LogP contribution in [0.15, 0.2) is 41.4 Å². The smallest absolute Gasteiger partial charge is 0.263 e. The molecular weight excluding hydrogens is 376 g/mol. The second-order valence-electron chi connectivity index (χ2n) is 6.69. The minimum Gasteiger partial charge on any atom is -0.372 e. The predicted octanol–water partition coefficient (Wildman–Crippen LogP) is 3.17. The van der Waals surface area contributed by atoms with Gasteiger partial charge in [0, 0.05) is 25.4 Å². The number of morpholine rings is 1. The summed E-state index contributed by atoms with van der Waals surface area (Å²) >= 11 is 0. The van der Waals surface area contributed by atoms with Crippen molar-refractivity contribution in [1.82, 2.24) is 4.98 Å². The van der Waals surface area contributed by atoms with E-state index in [-0.39, 0.29) is 16.2 Å². The molecule has 0 radical (unpaired) electrons. The van der Waals surface area contributed by atoms with Crippen molar-refractivity contribution in [3.63, 3.8) is 0 Å². The molecule has 146 valence electrons. The van der Waals surface area contributed by atoms with Gasteiger partial charge in [0.05, 0.1) is 17.9 Å². The Morgan fingerprint density at radius 2 is 1.96 bits per heavy atom. The van der Waals surface area contributed by atoms with Crippen LogP contribution in [-0.4, -0.2) is 38.7 Å². The van der Waals surface area contributed by atoms with Crippen LogP contribution in [0.2, 0.25) is 0 Å². The molecule has 0 bridgehead atoms. The number of aromatic nitrogens is 1. The zero-order chi connectivity index (χ0) is 19.7. The van der Waals surface area contributed by atoms with E-state index in [4.69, 9.17) is 4.74 Å². The highest BCUT2D eigenvalue weighted by atomic mass is 32.2. The van der Waals surface area contributed by atoms with Crippen molar-refractivity contribution < 1.29 is 21.9 Å². The second-order valence-corrected chi connectivity index (χ2v) is 8.37. The standard InChI is InChI=1S/C18H21F2N3O3S/c1-3-18(2)12-23(6-7-26-18)17-5-4-16(11-21-17)27(24,25)22-15-9-13(19)8-14(20)10-15/h4-5,8-11,22H,3,6-7,12H2,1-2H3. The van der Waals surface area contributed by atoms with Gasteiger partial charge in [-0.15, -0.1) is 0 Å². The Morgan fingerprint density at radius 1 is 1.26 bits per heavy atom. The van der Waals surface area contributed by atoms with Gasteiger partial charge in [-0.05, 0) is 37.6 Å². The molecule has 9 heteroatoms. The second kappa shape index (κ2) is 7.40. The molecule has 1 unspecified atom stereocenters. The zero-order valence-electron chi connectivity index (χ0n) is 15.1. The van der Waals surface area contributed by atoms with Crippen molar-refractivity contribution in [2.24, 2.45) is 0 Å². The summed E-state index contributed by atoms with van der Waals surface area (Å²) in [5.74, 6) is -1.09. The highest BCUT2D eigenvalue weighted by Gasteiger charge is 2.31. The van der Waals surface area contributed by atoms with Gasteiger partial charge in [-0.3, -0.25) is 4.72 Å². The molecule has 0 amide bonds. The first-order chi connectivity index (χ1) is 12.7. The van der Waals surface area contributed by atoms with E-state index >= 15 is 0 Å². The third kappa shape index (κ3) is 4.54. The Labute approximate surface area is 157 Å². The maximum atomic E-state index is 13.3. The number of sulfonamides is 1. The first-order valence-electron chi connectivity index (χ1n) is 8.55. The molecule has 1 aromatic heterocycles. The highest BCUT2D eigenvalue weighted by Crippen LogP contribution is 2.25. The fourth-order valence-electron chi connectivity index (χ4n) is 2.89. The topological polar surface area (TPSA) is 71.5 Å². The van der Waals surface area contributed by atoms with Crippen LogP contribution in [0.25, 0.3) is 0 Å². The third-order valence-corrected chi connectivity index (χ3v) is 5.92. The van der Waals surface area contributed by atoms with Crippen molar-refractivity contribution in [2.75, 3.05) is 29.3 Å². The quantitative estimate of drug-likeness (QED) is 0.839. The van der Waals surface area contributed by atoms with E-state index < -0.39 is 21.7 Å². The minimum atomic E-state index is -4.01. The molecule has 1 atom stereocenters. The number of ether oxygens (including phenoxy) is 1. The van der Waals surface area contributed by atoms with Crippen molar-refractivity contribution in [3.8, 4) is 0 Å². The van der Waals surface area contributed by atoms with E-state index in [2.05, 4.69) is 9.71 Å². The van der Waals surface area contributed by atoms with E-state index in [0.29, 0.717) is 31.6 Å². The van der Waals surface area contributed by atoms with Crippen LogP contribution >= 0.6 is 0 Å². The van der Waals surface area contributed by atoms with E-state index in [1.807, 2.05) is 18.7 Å². The van der Waals surface area contributed by atoms with Crippen molar-refractivity contribution in [1.29, 1.82) is 0 Å². The van der Waals surface area contributed by atoms with Gasteiger partial charge in [-0.2, -0.15) is 0 Å². The first-order valence-corrected chi connectivity index (χ1v) is 10.0. The van der Waals surface area contributed by atoms with E-state index in [1.54, 1.807) is 6.07 Å². The Balaban J connectivity index is 1.78. The molecule has 0 saturated carbocycles. The van der Waals surface area contributed by atoms with E-state index in [0.717, 1.165) is 18.6 Å². The summed E-state index contributed by atoms with van der Waals surface area (Å²) in [6.07, 6.45) is 2.08. The number of nitrogens with one attached hydrogen (secondary N) is 1. The van der Waals surface area contributed by atoms with Crippen LogP contribution in [-0.2, 0) is 14.8 Å². The lowest BCUT2D eigenvalue weighted by Crippen LogP contribution is -2.50. The summed E-state index contributed by atoms with van der Waals surface area (Å²) in [7, 11) is -4.01. The third-order valence-electron chi connectivity index (χ3n) is 4.55. The largest absolute Gasteiger partial charge is 0.372 e. The van der Waals surface area contributed by atoms with E-state index in [9.17, 15) is 17.2 Å². The lowest BCUT2D eigenvalue weighted by molar-refractivity contribution is -0.0443. The molecule has 2 heterocycles. The van der Waals surface area contributed by atoms with Gasteiger partial charge in [-0.1, -0.05) is 6.92 Å². The van der Waals surface area contributed by atoms with Crippen molar-refractivity contribution in [3.05, 3.63) is 48.2 Å². The minimum absolute atomic E-state index is 0.0950. The van der Waals surface area contributed by atoms with E-state index in [1.165, 1.54) is 12.3 Å². The highest BCUT2D eigenvalue weighted by molar-refractivity contribution is 7.92. The van der Waals surface area contributed by atoms with Gasteiger partial charge in [0.25, 0.3) is 10.0 Å². The summed E-state index contributed by atoms with van der Waals surface area (Å²) in [5.41, 5.74) is -0.461. The Hall–Kier alpha value is -2.26. The molecule has 1 aliphatic rings. The lowest BCUT2D eigenvalue weighted by atomic mass is 10.0. The lowest BCUT2D eigenvalue weighted by Gasteiger charge is -2.40. The van der Waals surface area contributed by atoms with Crippen LogP contribution in [0.4, 0.5) is 20.3 Å². The molecule has 6 nitrogen and oxygen atoms in total. The van der Waals surface area contributed by atoms with Crippen LogP contribution < -0.4 is 9.62 Å². The fourth-order valence-corrected chi connectivity index (χ4v) is 3.87. The molecule has 0 spiro atoms. The number of pyridine rings is 1. The molecule has 1 aromatic carbocycles. The van der Waals surface area contributed by atoms with Gasteiger partial charge in [0.15, 0.2) is 0 Å².